The molecular weight excluding hydrogens is 294 g/mol. The van der Waals surface area contributed by atoms with Crippen molar-refractivity contribution in [2.24, 2.45) is 0 Å². The Morgan fingerprint density at radius 2 is 1.94 bits per heavy atom. The van der Waals surface area contributed by atoms with Crippen LogP contribution in [-0.4, -0.2) is 59.5 Å². The molecule has 3 aliphatic heterocycles. The molecule has 18 heavy (non-hydrogen) atoms. The summed E-state index contributed by atoms with van der Waals surface area (Å²) in [6, 6.07) is 0.353. The van der Waals surface area contributed by atoms with Gasteiger partial charge in [0.1, 0.15) is 11.6 Å². The Labute approximate surface area is 116 Å². The van der Waals surface area contributed by atoms with Crippen molar-refractivity contribution in [1.82, 2.24) is 19.8 Å². The normalized spacial score (nSPS) is 30.5. The van der Waals surface area contributed by atoms with Crippen LogP contribution in [0.1, 0.15) is 17.6 Å². The number of piperazine rings is 3. The van der Waals surface area contributed by atoms with E-state index in [1.165, 1.54) is 13.1 Å². The number of hydrogen-bond acceptors (Lipinski definition) is 5. The highest BCUT2D eigenvalue weighted by atomic mass is 79.9. The van der Waals surface area contributed by atoms with E-state index in [1.54, 1.807) is 0 Å². The van der Waals surface area contributed by atoms with E-state index in [-0.39, 0.29) is 0 Å². The number of anilines is 1. The summed E-state index contributed by atoms with van der Waals surface area (Å²) >= 11 is 3.53. The average Bonchev–Trinajstić information content (AvgIpc) is 2.43. The smallest absolute Gasteiger partial charge is 0.149 e. The molecule has 0 spiro atoms. The van der Waals surface area contributed by atoms with Gasteiger partial charge >= 0.3 is 0 Å². The Hall–Kier alpha value is -0.720. The largest absolute Gasteiger partial charge is 0.372 e. The van der Waals surface area contributed by atoms with Crippen LogP contribution in [-0.2, 0) is 0 Å². The van der Waals surface area contributed by atoms with Gasteiger partial charge in [-0.05, 0) is 22.9 Å². The van der Waals surface area contributed by atoms with Gasteiger partial charge in [0.2, 0.25) is 0 Å². The lowest BCUT2D eigenvalue weighted by molar-refractivity contribution is 0.00863. The average molecular weight is 312 g/mol. The van der Waals surface area contributed by atoms with Crippen LogP contribution in [0.4, 0.5) is 5.82 Å². The van der Waals surface area contributed by atoms with Crippen molar-refractivity contribution in [1.29, 1.82) is 0 Å². The lowest BCUT2D eigenvalue weighted by Crippen LogP contribution is -2.57. The Morgan fingerprint density at radius 3 is 2.50 bits per heavy atom. The summed E-state index contributed by atoms with van der Waals surface area (Å²) in [6.07, 6.45) is 0. The van der Waals surface area contributed by atoms with Crippen LogP contribution in [0.15, 0.2) is 4.47 Å². The van der Waals surface area contributed by atoms with Gasteiger partial charge in [0.15, 0.2) is 0 Å². The Kier molecular flexibility index (Phi) is 3.25. The van der Waals surface area contributed by atoms with Gasteiger partial charge in [-0.25, -0.2) is 9.97 Å². The third kappa shape index (κ3) is 2.02. The molecule has 4 rings (SSSR count). The highest BCUT2D eigenvalue weighted by Crippen LogP contribution is 2.30. The van der Waals surface area contributed by atoms with Crippen LogP contribution in [0.25, 0.3) is 0 Å². The summed E-state index contributed by atoms with van der Waals surface area (Å²) in [5.74, 6) is 1.83. The first-order chi connectivity index (χ1) is 8.69. The second-order valence-corrected chi connectivity index (χ2v) is 5.73. The van der Waals surface area contributed by atoms with Crippen LogP contribution in [0.5, 0.6) is 0 Å². The van der Waals surface area contributed by atoms with E-state index in [0.29, 0.717) is 6.04 Å². The first-order valence-electron chi connectivity index (χ1n) is 6.37. The van der Waals surface area contributed by atoms with Crippen LogP contribution in [0, 0.1) is 6.92 Å². The van der Waals surface area contributed by atoms with Crippen LogP contribution < -0.4 is 5.32 Å². The summed E-state index contributed by atoms with van der Waals surface area (Å²) < 4.78 is 0.963. The molecule has 6 heteroatoms. The fraction of sp³-hybridized carbons (Fsp3) is 0.667. The number of nitrogens with one attached hydrogen (secondary N) is 1. The topological polar surface area (TPSA) is 44.3 Å². The summed E-state index contributed by atoms with van der Waals surface area (Å²) in [7, 11) is 1.90. The van der Waals surface area contributed by atoms with Gasteiger partial charge in [0.05, 0.1) is 16.2 Å². The van der Waals surface area contributed by atoms with Crippen LogP contribution >= 0.6 is 15.9 Å². The fourth-order valence-electron chi connectivity index (χ4n) is 2.76. The third-order valence-corrected chi connectivity index (χ3v) is 4.80. The monoisotopic (exact) mass is 311 g/mol. The number of hydrogen-bond donors (Lipinski definition) is 1. The minimum absolute atomic E-state index is 0.353. The number of fused-ring (bicyclic) bond motifs is 3. The van der Waals surface area contributed by atoms with Gasteiger partial charge in [0, 0.05) is 39.8 Å². The van der Waals surface area contributed by atoms with E-state index in [0.717, 1.165) is 41.4 Å². The predicted molar refractivity (Wildman–Crippen MR) is 74.8 cm³/mol. The van der Waals surface area contributed by atoms with E-state index in [2.05, 4.69) is 41.0 Å². The van der Waals surface area contributed by atoms with E-state index in [4.69, 9.17) is 0 Å². The van der Waals surface area contributed by atoms with Crippen molar-refractivity contribution in [3.05, 3.63) is 16.0 Å². The first-order valence-corrected chi connectivity index (χ1v) is 7.16. The van der Waals surface area contributed by atoms with Gasteiger partial charge in [-0.1, -0.05) is 0 Å². The van der Waals surface area contributed by atoms with Crippen molar-refractivity contribution in [3.8, 4) is 0 Å². The van der Waals surface area contributed by atoms with Crippen LogP contribution in [0.3, 0.4) is 0 Å². The van der Waals surface area contributed by atoms with E-state index >= 15 is 0 Å². The lowest BCUT2D eigenvalue weighted by Gasteiger charge is -2.46. The molecule has 0 saturated carbocycles. The van der Waals surface area contributed by atoms with Gasteiger partial charge in [-0.2, -0.15) is 0 Å². The van der Waals surface area contributed by atoms with Crippen LogP contribution in [0.2, 0.25) is 0 Å². The Morgan fingerprint density at radius 1 is 1.22 bits per heavy atom. The lowest BCUT2D eigenvalue weighted by atomic mass is 10.1. The molecule has 3 aliphatic rings. The maximum absolute atomic E-state index is 4.66. The Bertz CT molecular complexity index is 456. The maximum Gasteiger partial charge on any atom is 0.149 e. The van der Waals surface area contributed by atoms with Crippen molar-refractivity contribution >= 4 is 21.7 Å². The molecule has 1 aromatic rings. The van der Waals surface area contributed by atoms with E-state index < -0.39 is 0 Å². The van der Waals surface area contributed by atoms with Crippen molar-refractivity contribution in [2.75, 3.05) is 45.1 Å². The predicted octanol–water partition coefficient (Wildman–Crippen LogP) is 1.26. The van der Waals surface area contributed by atoms with Crippen molar-refractivity contribution in [2.45, 2.75) is 13.0 Å². The molecule has 0 amide bonds. The van der Waals surface area contributed by atoms with Gasteiger partial charge in [-0.3, -0.25) is 9.80 Å². The molecule has 3 fully saturated rings. The molecule has 0 aliphatic carbocycles. The van der Waals surface area contributed by atoms with E-state index in [9.17, 15) is 0 Å². The molecule has 5 nitrogen and oxygen atoms in total. The van der Waals surface area contributed by atoms with Crippen molar-refractivity contribution in [3.63, 3.8) is 0 Å². The molecule has 1 atom stereocenters. The quantitative estimate of drug-likeness (QED) is 0.891. The second-order valence-electron chi connectivity index (χ2n) is 4.93. The third-order valence-electron chi connectivity index (χ3n) is 3.85. The Balaban J connectivity index is 1.94. The first kappa shape index (κ1) is 12.3. The maximum atomic E-state index is 4.66. The highest BCUT2D eigenvalue weighted by molar-refractivity contribution is 9.10. The summed E-state index contributed by atoms with van der Waals surface area (Å²) in [6.45, 7) is 7.73. The number of aryl methyl sites for hydroxylation is 1. The molecule has 1 unspecified atom stereocenters. The molecule has 3 saturated heterocycles. The van der Waals surface area contributed by atoms with Gasteiger partial charge in [-0.15, -0.1) is 0 Å². The zero-order chi connectivity index (χ0) is 12.7. The second kappa shape index (κ2) is 4.75. The fourth-order valence-corrected chi connectivity index (χ4v) is 3.13. The van der Waals surface area contributed by atoms with Crippen molar-refractivity contribution < 1.29 is 0 Å². The number of nitrogens with zero attached hydrogens (tertiary/aromatic N) is 4. The van der Waals surface area contributed by atoms with E-state index in [1.807, 2.05) is 14.0 Å². The molecule has 1 N–H and O–H groups in total. The number of aromatic nitrogens is 2. The molecule has 0 radical (unpaired) electrons. The molecule has 98 valence electrons. The molecular formula is C12H18BrN5. The SMILES string of the molecule is CNc1nc(C2CN3CCN2CC3)nc(C)c1Br. The highest BCUT2D eigenvalue weighted by Gasteiger charge is 2.34. The van der Waals surface area contributed by atoms with Gasteiger partial charge < -0.3 is 5.32 Å². The number of rotatable bonds is 2. The summed E-state index contributed by atoms with van der Waals surface area (Å²) in [4.78, 5) is 14.3. The summed E-state index contributed by atoms with van der Waals surface area (Å²) in [5.41, 5.74) is 1.00. The minimum atomic E-state index is 0.353. The van der Waals surface area contributed by atoms with Gasteiger partial charge in [0.25, 0.3) is 0 Å². The molecule has 2 bridgehead atoms. The zero-order valence-electron chi connectivity index (χ0n) is 10.8. The molecule has 0 aromatic carbocycles. The zero-order valence-corrected chi connectivity index (χ0v) is 12.4. The number of halogens is 1. The minimum Gasteiger partial charge on any atom is -0.372 e. The molecule has 1 aromatic heterocycles. The summed E-state index contributed by atoms with van der Waals surface area (Å²) in [5, 5.41) is 3.13. The molecule has 4 heterocycles. The standard InChI is InChI=1S/C12H18BrN5/c1-8-10(13)12(14-2)16-11(15-8)9-7-17-3-5-18(9)6-4-17/h9H,3-7H2,1-2H3,(H,14,15,16).